The number of carbonyl (C=O) groups is 1. The zero-order valence-electron chi connectivity index (χ0n) is 25.0. The number of fused-ring (bicyclic) bond motifs is 1. The molecule has 11 nitrogen and oxygen atoms in total. The van der Waals surface area contributed by atoms with Gasteiger partial charge in [0, 0.05) is 31.4 Å². The second kappa shape index (κ2) is 12.8. The fourth-order valence-corrected chi connectivity index (χ4v) is 4.75. The molecule has 238 valence electrons. The molecular weight excluding hydrogens is 613 g/mol. The SMILES string of the molecule is CN(C)c1ccn2ncc(-c3ccc(Oc4ncc(NC(=O)Nc5cc(C(F)(F)F)ccc5-c5cccc(CO)c5)cn4)cc3)c2n1. The molecule has 0 bridgehead atoms. The standard InChI is InChI=1S/C33H27F3N8O3/c1-43(2)29-12-13-44-30(42-29)27(18-39-44)21-6-9-25(10-7-21)47-32-37-16-24(17-38-32)40-31(46)41-28-15-23(33(34,35)36)8-11-26(28)22-5-3-4-20(14-22)19-45/h3-18,45H,19H2,1-2H3,(H2,40,41,46). The van der Waals surface area contributed by atoms with E-state index in [4.69, 9.17) is 4.74 Å². The molecule has 14 heteroatoms. The summed E-state index contributed by atoms with van der Waals surface area (Å²) in [6.45, 7) is -0.248. The Balaban J connectivity index is 1.13. The maximum absolute atomic E-state index is 13.5. The van der Waals surface area contributed by atoms with Gasteiger partial charge < -0.3 is 25.4 Å². The number of halogens is 3. The zero-order valence-corrected chi connectivity index (χ0v) is 25.0. The van der Waals surface area contributed by atoms with Crippen LogP contribution in [0.3, 0.4) is 0 Å². The smallest absolute Gasteiger partial charge is 0.416 e. The Labute approximate surface area is 266 Å². The predicted octanol–water partition coefficient (Wildman–Crippen LogP) is 6.87. The van der Waals surface area contributed by atoms with E-state index < -0.39 is 17.8 Å². The van der Waals surface area contributed by atoms with E-state index in [9.17, 15) is 23.1 Å². The molecular formula is C33H27F3N8O3. The van der Waals surface area contributed by atoms with E-state index in [1.807, 2.05) is 43.4 Å². The van der Waals surface area contributed by atoms with E-state index in [-0.39, 0.29) is 24.0 Å². The number of ether oxygens (including phenoxy) is 1. The van der Waals surface area contributed by atoms with Crippen molar-refractivity contribution in [1.82, 2.24) is 24.6 Å². The first kappa shape index (κ1) is 31.0. The van der Waals surface area contributed by atoms with E-state index in [0.717, 1.165) is 29.1 Å². The first-order chi connectivity index (χ1) is 22.6. The number of nitrogens with zero attached hydrogens (tertiary/aromatic N) is 6. The third-order valence-electron chi connectivity index (χ3n) is 7.09. The molecule has 0 fully saturated rings. The second-order valence-electron chi connectivity index (χ2n) is 10.6. The van der Waals surface area contributed by atoms with Gasteiger partial charge >= 0.3 is 18.2 Å². The van der Waals surface area contributed by atoms with Crippen LogP contribution in [0.15, 0.2) is 97.6 Å². The zero-order chi connectivity index (χ0) is 33.1. The van der Waals surface area contributed by atoms with Crippen LogP contribution >= 0.6 is 0 Å². The van der Waals surface area contributed by atoms with Crippen LogP contribution in [0.25, 0.3) is 27.9 Å². The van der Waals surface area contributed by atoms with Gasteiger partial charge in [0.15, 0.2) is 5.65 Å². The Kier molecular flexibility index (Phi) is 8.42. The van der Waals surface area contributed by atoms with Crippen LogP contribution < -0.4 is 20.3 Å². The number of urea groups is 1. The molecule has 0 aliphatic carbocycles. The monoisotopic (exact) mass is 640 g/mol. The molecule has 6 aromatic rings. The maximum atomic E-state index is 13.5. The minimum Gasteiger partial charge on any atom is -0.424 e. The van der Waals surface area contributed by atoms with Crippen LogP contribution in [-0.4, -0.2) is 49.8 Å². The fourth-order valence-electron chi connectivity index (χ4n) is 4.75. The Morgan fingerprint density at radius 2 is 1.68 bits per heavy atom. The van der Waals surface area contributed by atoms with Gasteiger partial charge in [-0.3, -0.25) is 0 Å². The molecule has 0 aliphatic heterocycles. The number of anilines is 3. The van der Waals surface area contributed by atoms with Crippen molar-refractivity contribution in [3.05, 3.63) is 109 Å². The molecule has 3 aromatic heterocycles. The molecule has 3 heterocycles. The Hall–Kier alpha value is -6.02. The van der Waals surface area contributed by atoms with Gasteiger partial charge in [-0.25, -0.2) is 24.3 Å². The van der Waals surface area contributed by atoms with Crippen LogP contribution in [0.2, 0.25) is 0 Å². The predicted molar refractivity (Wildman–Crippen MR) is 170 cm³/mol. The van der Waals surface area contributed by atoms with Gasteiger partial charge in [-0.05, 0) is 53.1 Å². The quantitative estimate of drug-likeness (QED) is 0.164. The van der Waals surface area contributed by atoms with Crippen molar-refractivity contribution < 1.29 is 27.8 Å². The summed E-state index contributed by atoms with van der Waals surface area (Å²) in [6.07, 6.45) is 1.58. The molecule has 47 heavy (non-hydrogen) atoms. The number of rotatable bonds is 8. The number of hydrogen-bond donors (Lipinski definition) is 3. The Bertz CT molecular complexity index is 2050. The Morgan fingerprint density at radius 3 is 2.38 bits per heavy atom. The summed E-state index contributed by atoms with van der Waals surface area (Å²) in [6, 6.07) is 18.0. The summed E-state index contributed by atoms with van der Waals surface area (Å²) in [5, 5.41) is 18.9. The Morgan fingerprint density at radius 1 is 0.915 bits per heavy atom. The van der Waals surface area contributed by atoms with Crippen molar-refractivity contribution in [1.29, 1.82) is 0 Å². The summed E-state index contributed by atoms with van der Waals surface area (Å²) < 4.78 is 47.9. The van der Waals surface area contributed by atoms with E-state index in [1.54, 1.807) is 47.1 Å². The van der Waals surface area contributed by atoms with Gasteiger partial charge in [0.2, 0.25) is 0 Å². The summed E-state index contributed by atoms with van der Waals surface area (Å²) in [4.78, 5) is 27.7. The molecule has 6 rings (SSSR count). The highest BCUT2D eigenvalue weighted by Crippen LogP contribution is 2.36. The third kappa shape index (κ3) is 6.97. The van der Waals surface area contributed by atoms with Crippen LogP contribution in [0.4, 0.5) is 35.2 Å². The first-order valence-corrected chi connectivity index (χ1v) is 14.2. The second-order valence-corrected chi connectivity index (χ2v) is 10.6. The normalized spacial score (nSPS) is 11.4. The average molecular weight is 641 g/mol. The van der Waals surface area contributed by atoms with Gasteiger partial charge in [0.1, 0.15) is 11.6 Å². The number of aromatic nitrogens is 5. The van der Waals surface area contributed by atoms with Crippen molar-refractivity contribution in [2.75, 3.05) is 29.6 Å². The topological polar surface area (TPSA) is 130 Å². The molecule has 0 saturated carbocycles. The number of alkyl halides is 3. The fraction of sp³-hybridized carbons (Fsp3) is 0.121. The lowest BCUT2D eigenvalue weighted by atomic mass is 9.99. The van der Waals surface area contributed by atoms with E-state index >= 15 is 0 Å². The van der Waals surface area contributed by atoms with E-state index in [1.165, 1.54) is 18.5 Å². The number of carbonyl (C=O) groups excluding carboxylic acids is 1. The number of benzene rings is 3. The lowest BCUT2D eigenvalue weighted by Crippen LogP contribution is -2.20. The summed E-state index contributed by atoms with van der Waals surface area (Å²) in [5.74, 6) is 1.27. The maximum Gasteiger partial charge on any atom is 0.416 e. The van der Waals surface area contributed by atoms with Gasteiger partial charge in [0.25, 0.3) is 0 Å². The molecule has 0 aliphatic rings. The summed E-state index contributed by atoms with van der Waals surface area (Å²) in [7, 11) is 3.83. The number of aliphatic hydroxyl groups excluding tert-OH is 1. The summed E-state index contributed by atoms with van der Waals surface area (Å²) >= 11 is 0. The highest BCUT2D eigenvalue weighted by molar-refractivity contribution is 6.02. The molecule has 0 radical (unpaired) electrons. The van der Waals surface area contributed by atoms with Gasteiger partial charge in [0.05, 0.1) is 42.1 Å². The van der Waals surface area contributed by atoms with Crippen molar-refractivity contribution >= 4 is 28.9 Å². The van der Waals surface area contributed by atoms with Gasteiger partial charge in [-0.15, -0.1) is 0 Å². The molecule has 3 N–H and O–H groups in total. The minimum absolute atomic E-state index is 0.0147. The lowest BCUT2D eigenvalue weighted by molar-refractivity contribution is -0.137. The van der Waals surface area contributed by atoms with Crippen molar-refractivity contribution in [2.45, 2.75) is 12.8 Å². The van der Waals surface area contributed by atoms with Crippen LogP contribution in [0, 0.1) is 0 Å². The lowest BCUT2D eigenvalue weighted by Gasteiger charge is -2.16. The highest BCUT2D eigenvalue weighted by Gasteiger charge is 2.31. The molecule has 0 saturated heterocycles. The average Bonchev–Trinajstić information content (AvgIpc) is 3.49. The number of aliphatic hydroxyl groups is 1. The van der Waals surface area contributed by atoms with Crippen LogP contribution in [0.1, 0.15) is 11.1 Å². The third-order valence-corrected chi connectivity index (χ3v) is 7.09. The molecule has 0 spiro atoms. The minimum atomic E-state index is -4.62. The van der Waals surface area contributed by atoms with Crippen molar-refractivity contribution in [3.63, 3.8) is 0 Å². The van der Waals surface area contributed by atoms with Crippen molar-refractivity contribution in [3.8, 4) is 34.0 Å². The molecule has 3 aromatic carbocycles. The van der Waals surface area contributed by atoms with Crippen LogP contribution in [-0.2, 0) is 12.8 Å². The molecule has 0 atom stereocenters. The first-order valence-electron chi connectivity index (χ1n) is 14.2. The number of amides is 2. The van der Waals surface area contributed by atoms with Crippen LogP contribution in [0.5, 0.6) is 11.8 Å². The van der Waals surface area contributed by atoms with Gasteiger partial charge in [-0.1, -0.05) is 36.4 Å². The largest absolute Gasteiger partial charge is 0.424 e. The highest BCUT2D eigenvalue weighted by atomic mass is 19.4. The van der Waals surface area contributed by atoms with E-state index in [2.05, 4.69) is 30.7 Å². The summed E-state index contributed by atoms with van der Waals surface area (Å²) in [5.41, 5.74) is 3.04. The van der Waals surface area contributed by atoms with E-state index in [0.29, 0.717) is 28.1 Å². The number of hydrogen-bond acceptors (Lipinski definition) is 8. The molecule has 2 amide bonds. The van der Waals surface area contributed by atoms with Crippen molar-refractivity contribution in [2.24, 2.45) is 0 Å². The number of nitrogens with one attached hydrogen (secondary N) is 2. The molecule has 0 unspecified atom stereocenters. The van der Waals surface area contributed by atoms with Gasteiger partial charge in [-0.2, -0.15) is 18.3 Å².